The molecule has 1 atom stereocenters. The highest BCUT2D eigenvalue weighted by atomic mass is 16.1. The van der Waals surface area contributed by atoms with Crippen LogP contribution in [0.1, 0.15) is 56.1 Å². The van der Waals surface area contributed by atoms with E-state index in [9.17, 15) is 4.79 Å². The molecule has 1 aliphatic rings. The van der Waals surface area contributed by atoms with Crippen LogP contribution < -0.4 is 0 Å². The summed E-state index contributed by atoms with van der Waals surface area (Å²) in [7, 11) is 0. The van der Waals surface area contributed by atoms with Crippen molar-refractivity contribution in [3.05, 3.63) is 35.4 Å². The van der Waals surface area contributed by atoms with Gasteiger partial charge in [0.1, 0.15) is 5.78 Å². The van der Waals surface area contributed by atoms with Crippen LogP contribution in [0.15, 0.2) is 24.3 Å². The van der Waals surface area contributed by atoms with Crippen molar-refractivity contribution < 1.29 is 4.79 Å². The second-order valence-electron chi connectivity index (χ2n) is 4.80. The van der Waals surface area contributed by atoms with Crippen molar-refractivity contribution in [2.75, 3.05) is 0 Å². The zero-order valence-electron chi connectivity index (χ0n) is 9.49. The van der Waals surface area contributed by atoms with Crippen LogP contribution in [-0.4, -0.2) is 5.78 Å². The van der Waals surface area contributed by atoms with E-state index in [0.717, 1.165) is 19.3 Å². The fourth-order valence-electron chi connectivity index (χ4n) is 2.25. The van der Waals surface area contributed by atoms with Crippen LogP contribution in [0.2, 0.25) is 0 Å². The van der Waals surface area contributed by atoms with Gasteiger partial charge in [0.05, 0.1) is 0 Å². The van der Waals surface area contributed by atoms with Crippen LogP contribution in [0.3, 0.4) is 0 Å². The van der Waals surface area contributed by atoms with Gasteiger partial charge >= 0.3 is 0 Å². The molecule has 0 bridgehead atoms. The number of carbonyl (C=O) groups excluding carboxylic acids is 1. The average molecular weight is 202 g/mol. The first-order valence-electron chi connectivity index (χ1n) is 5.78. The fourth-order valence-corrected chi connectivity index (χ4v) is 2.25. The first-order chi connectivity index (χ1) is 7.16. The van der Waals surface area contributed by atoms with E-state index in [0.29, 0.717) is 17.6 Å². The molecular formula is C14H18O. The van der Waals surface area contributed by atoms with Crippen LogP contribution in [0.25, 0.3) is 0 Å². The Kier molecular flexibility index (Phi) is 2.90. The van der Waals surface area contributed by atoms with Crippen molar-refractivity contribution in [1.82, 2.24) is 0 Å². The summed E-state index contributed by atoms with van der Waals surface area (Å²) in [6, 6.07) is 8.78. The molecule has 0 saturated heterocycles. The van der Waals surface area contributed by atoms with Crippen molar-refractivity contribution in [2.24, 2.45) is 0 Å². The van der Waals surface area contributed by atoms with E-state index in [-0.39, 0.29) is 0 Å². The van der Waals surface area contributed by atoms with Crippen LogP contribution in [0.4, 0.5) is 0 Å². The standard InChI is InChI=1S/C14H18O/c1-10(2)11-3-5-12(6-4-11)13-7-8-14(15)9-13/h3-6,10,13H,7-9H2,1-2H3. The molecule has 0 heterocycles. The zero-order valence-corrected chi connectivity index (χ0v) is 9.49. The third-order valence-corrected chi connectivity index (χ3v) is 3.32. The summed E-state index contributed by atoms with van der Waals surface area (Å²) in [6.07, 6.45) is 2.57. The lowest BCUT2D eigenvalue weighted by atomic mass is 9.94. The number of benzene rings is 1. The second kappa shape index (κ2) is 4.18. The van der Waals surface area contributed by atoms with E-state index in [1.165, 1.54) is 11.1 Å². The molecule has 1 aliphatic carbocycles. The van der Waals surface area contributed by atoms with E-state index in [1.54, 1.807) is 0 Å². The molecule has 1 aromatic carbocycles. The van der Waals surface area contributed by atoms with Crippen LogP contribution >= 0.6 is 0 Å². The van der Waals surface area contributed by atoms with Crippen molar-refractivity contribution in [1.29, 1.82) is 0 Å². The molecule has 1 aromatic rings. The Morgan fingerprint density at radius 3 is 2.33 bits per heavy atom. The smallest absolute Gasteiger partial charge is 0.133 e. The van der Waals surface area contributed by atoms with Gasteiger partial charge in [0, 0.05) is 12.8 Å². The summed E-state index contributed by atoms with van der Waals surface area (Å²) in [5, 5.41) is 0. The molecule has 0 radical (unpaired) electrons. The minimum absolute atomic E-state index is 0.424. The summed E-state index contributed by atoms with van der Waals surface area (Å²) in [4.78, 5) is 11.2. The quantitative estimate of drug-likeness (QED) is 0.715. The number of Topliss-reactive ketones (excluding diaryl/α,β-unsaturated/α-hetero) is 1. The highest BCUT2D eigenvalue weighted by molar-refractivity contribution is 5.81. The van der Waals surface area contributed by atoms with Gasteiger partial charge in [-0.15, -0.1) is 0 Å². The van der Waals surface area contributed by atoms with Crippen LogP contribution in [0.5, 0.6) is 0 Å². The SMILES string of the molecule is CC(C)c1ccc(C2CCC(=O)C2)cc1. The lowest BCUT2D eigenvalue weighted by molar-refractivity contribution is -0.117. The van der Waals surface area contributed by atoms with E-state index in [2.05, 4.69) is 38.1 Å². The number of hydrogen-bond donors (Lipinski definition) is 0. The minimum Gasteiger partial charge on any atom is -0.300 e. The number of rotatable bonds is 2. The van der Waals surface area contributed by atoms with Gasteiger partial charge in [-0.25, -0.2) is 0 Å². The fraction of sp³-hybridized carbons (Fsp3) is 0.500. The molecule has 15 heavy (non-hydrogen) atoms. The molecule has 0 N–H and O–H groups in total. The third kappa shape index (κ3) is 2.28. The number of carbonyl (C=O) groups is 1. The van der Waals surface area contributed by atoms with E-state index in [1.807, 2.05) is 0 Å². The normalized spacial score (nSPS) is 21.3. The first-order valence-corrected chi connectivity index (χ1v) is 5.78. The Morgan fingerprint density at radius 2 is 1.87 bits per heavy atom. The zero-order chi connectivity index (χ0) is 10.8. The van der Waals surface area contributed by atoms with Gasteiger partial charge in [-0.1, -0.05) is 38.1 Å². The van der Waals surface area contributed by atoms with Crippen molar-refractivity contribution in [2.45, 2.75) is 44.9 Å². The predicted octanol–water partition coefficient (Wildman–Crippen LogP) is 3.65. The molecule has 1 unspecified atom stereocenters. The summed E-state index contributed by atoms with van der Waals surface area (Å²) in [6.45, 7) is 4.40. The Balaban J connectivity index is 2.13. The maximum atomic E-state index is 11.2. The van der Waals surface area contributed by atoms with Gasteiger partial charge in [-0.3, -0.25) is 4.79 Å². The van der Waals surface area contributed by atoms with E-state index in [4.69, 9.17) is 0 Å². The Morgan fingerprint density at radius 1 is 1.20 bits per heavy atom. The molecule has 80 valence electrons. The molecule has 0 amide bonds. The van der Waals surface area contributed by atoms with Gasteiger partial charge in [0.15, 0.2) is 0 Å². The van der Waals surface area contributed by atoms with E-state index >= 15 is 0 Å². The van der Waals surface area contributed by atoms with Gasteiger partial charge in [0.25, 0.3) is 0 Å². The predicted molar refractivity (Wildman–Crippen MR) is 62.1 cm³/mol. The highest BCUT2D eigenvalue weighted by Gasteiger charge is 2.23. The molecule has 0 aliphatic heterocycles. The maximum absolute atomic E-state index is 11.2. The van der Waals surface area contributed by atoms with Gasteiger partial charge in [-0.2, -0.15) is 0 Å². The Labute approximate surface area is 91.5 Å². The minimum atomic E-state index is 0.424. The van der Waals surface area contributed by atoms with Gasteiger partial charge < -0.3 is 0 Å². The molecule has 0 spiro atoms. The molecule has 1 fully saturated rings. The van der Waals surface area contributed by atoms with Crippen molar-refractivity contribution >= 4 is 5.78 Å². The Hall–Kier alpha value is -1.11. The maximum Gasteiger partial charge on any atom is 0.133 e. The summed E-state index contributed by atoms with van der Waals surface area (Å²) >= 11 is 0. The van der Waals surface area contributed by atoms with Crippen molar-refractivity contribution in [3.63, 3.8) is 0 Å². The molecule has 0 aromatic heterocycles. The van der Waals surface area contributed by atoms with Crippen LogP contribution in [-0.2, 0) is 4.79 Å². The highest BCUT2D eigenvalue weighted by Crippen LogP contribution is 2.32. The molecule has 1 saturated carbocycles. The molecule has 1 nitrogen and oxygen atoms in total. The summed E-state index contributed by atoms with van der Waals surface area (Å²) in [5.74, 6) is 1.50. The number of hydrogen-bond acceptors (Lipinski definition) is 1. The van der Waals surface area contributed by atoms with Crippen LogP contribution in [0, 0.1) is 0 Å². The first kappa shape index (κ1) is 10.4. The molecular weight excluding hydrogens is 184 g/mol. The number of ketones is 1. The van der Waals surface area contributed by atoms with E-state index < -0.39 is 0 Å². The second-order valence-corrected chi connectivity index (χ2v) is 4.80. The van der Waals surface area contributed by atoms with Crippen molar-refractivity contribution in [3.8, 4) is 0 Å². The van der Waals surface area contributed by atoms with Gasteiger partial charge in [-0.05, 0) is 29.4 Å². The molecule has 1 heteroatoms. The summed E-state index contributed by atoms with van der Waals surface area (Å²) < 4.78 is 0. The third-order valence-electron chi connectivity index (χ3n) is 3.32. The van der Waals surface area contributed by atoms with Gasteiger partial charge in [0.2, 0.25) is 0 Å². The lowest BCUT2D eigenvalue weighted by Gasteiger charge is -2.10. The monoisotopic (exact) mass is 202 g/mol. The Bertz CT molecular complexity index is 348. The molecule has 2 rings (SSSR count). The lowest BCUT2D eigenvalue weighted by Crippen LogP contribution is -1.95. The average Bonchev–Trinajstić information content (AvgIpc) is 2.65. The summed E-state index contributed by atoms with van der Waals surface area (Å²) in [5.41, 5.74) is 2.72. The topological polar surface area (TPSA) is 17.1 Å². The largest absolute Gasteiger partial charge is 0.300 e.